The zero-order valence-corrected chi connectivity index (χ0v) is 19.4. The summed E-state index contributed by atoms with van der Waals surface area (Å²) in [7, 11) is -3.48. The minimum atomic E-state index is -3.48. The summed E-state index contributed by atoms with van der Waals surface area (Å²) in [6, 6.07) is 13.6. The normalized spacial score (nSPS) is 12.0. The molecule has 1 heterocycles. The third-order valence-electron chi connectivity index (χ3n) is 4.28. The van der Waals surface area contributed by atoms with Gasteiger partial charge < -0.3 is 21.1 Å². The summed E-state index contributed by atoms with van der Waals surface area (Å²) < 4.78 is 31.4. The minimum absolute atomic E-state index is 0.231. The molecule has 1 unspecified atom stereocenters. The van der Waals surface area contributed by atoms with Gasteiger partial charge >= 0.3 is 0 Å². The average molecular weight is 491 g/mol. The first-order chi connectivity index (χ1) is 15.6. The lowest BCUT2D eigenvalue weighted by Gasteiger charge is -2.15. The zero-order chi connectivity index (χ0) is 24.0. The molecule has 0 spiro atoms. The van der Waals surface area contributed by atoms with Crippen molar-refractivity contribution >= 4 is 56.4 Å². The first-order valence-corrected chi connectivity index (χ1v) is 12.1. The van der Waals surface area contributed by atoms with E-state index in [9.17, 15) is 13.2 Å². The fraction of sp³-hybridized carbons (Fsp3) is 0.190. The average Bonchev–Trinajstić information content (AvgIpc) is 2.75. The number of carbonyl (C=O) groups is 1. The third-order valence-corrected chi connectivity index (χ3v) is 5.14. The number of nitrogens with zero attached hydrogens (tertiary/aromatic N) is 2. The van der Waals surface area contributed by atoms with Crippen molar-refractivity contribution in [2.24, 2.45) is 5.73 Å². The molecular formula is C21H23ClN6O4S. The van der Waals surface area contributed by atoms with E-state index < -0.39 is 22.0 Å². The number of hydrogen-bond donors (Lipinski definition) is 4. The van der Waals surface area contributed by atoms with Crippen molar-refractivity contribution in [3.05, 3.63) is 59.8 Å². The number of aromatic nitrogens is 2. The highest BCUT2D eigenvalue weighted by molar-refractivity contribution is 7.92. The lowest BCUT2D eigenvalue weighted by atomic mass is 10.2. The molecular weight excluding hydrogens is 468 g/mol. The van der Waals surface area contributed by atoms with Gasteiger partial charge in [-0.3, -0.25) is 9.52 Å². The van der Waals surface area contributed by atoms with E-state index in [-0.39, 0.29) is 16.8 Å². The van der Waals surface area contributed by atoms with E-state index in [4.69, 9.17) is 22.1 Å². The van der Waals surface area contributed by atoms with Crippen LogP contribution >= 0.6 is 11.6 Å². The number of para-hydroxylation sites is 2. The molecule has 0 aliphatic carbocycles. The maximum absolute atomic E-state index is 11.6. The van der Waals surface area contributed by atoms with E-state index in [1.807, 2.05) is 0 Å². The van der Waals surface area contributed by atoms with Crippen molar-refractivity contribution < 1.29 is 17.9 Å². The van der Waals surface area contributed by atoms with Crippen molar-refractivity contribution in [3.63, 3.8) is 0 Å². The maximum Gasteiger partial charge on any atom is 0.258 e. The Labute approximate surface area is 196 Å². The number of halogens is 1. The molecule has 174 valence electrons. The van der Waals surface area contributed by atoms with Gasteiger partial charge in [0.2, 0.25) is 16.0 Å². The molecule has 0 fully saturated rings. The molecule has 0 saturated heterocycles. The molecule has 1 amide bonds. The predicted molar refractivity (Wildman–Crippen MR) is 129 cm³/mol. The third kappa shape index (κ3) is 6.96. The lowest BCUT2D eigenvalue weighted by Crippen LogP contribution is -2.32. The number of rotatable bonds is 10. The van der Waals surface area contributed by atoms with Crippen LogP contribution in [0.15, 0.2) is 54.7 Å². The number of hydrogen-bond acceptors (Lipinski definition) is 8. The first kappa shape index (κ1) is 24.1. The second-order valence-corrected chi connectivity index (χ2v) is 9.16. The largest absolute Gasteiger partial charge is 0.481 e. The van der Waals surface area contributed by atoms with E-state index >= 15 is 0 Å². The monoisotopic (exact) mass is 490 g/mol. The predicted octanol–water partition coefficient (Wildman–Crippen LogP) is 3.63. The van der Waals surface area contributed by atoms with E-state index in [0.717, 1.165) is 6.26 Å². The minimum Gasteiger partial charge on any atom is -0.481 e. The molecule has 0 aliphatic heterocycles. The molecule has 3 rings (SSSR count). The molecule has 0 saturated carbocycles. The zero-order valence-electron chi connectivity index (χ0n) is 17.9. The number of primary amides is 1. The molecule has 3 aromatic rings. The number of nitrogens with one attached hydrogen (secondary N) is 3. The van der Waals surface area contributed by atoms with Gasteiger partial charge in [-0.1, -0.05) is 36.7 Å². The van der Waals surface area contributed by atoms with Crippen LogP contribution in [0.5, 0.6) is 5.75 Å². The molecule has 2 aromatic carbocycles. The van der Waals surface area contributed by atoms with Crippen LogP contribution in [0.25, 0.3) is 0 Å². The lowest BCUT2D eigenvalue weighted by molar-refractivity contribution is -0.124. The fourth-order valence-corrected chi connectivity index (χ4v) is 3.52. The molecule has 0 bridgehead atoms. The Morgan fingerprint density at radius 2 is 1.88 bits per heavy atom. The second-order valence-electron chi connectivity index (χ2n) is 7.00. The summed E-state index contributed by atoms with van der Waals surface area (Å²) in [5, 5.41) is 6.30. The molecule has 12 heteroatoms. The molecule has 1 atom stereocenters. The Kier molecular flexibility index (Phi) is 7.56. The van der Waals surface area contributed by atoms with Gasteiger partial charge in [-0.25, -0.2) is 13.4 Å². The van der Waals surface area contributed by atoms with Crippen molar-refractivity contribution in [2.75, 3.05) is 21.6 Å². The van der Waals surface area contributed by atoms with Gasteiger partial charge in [-0.05, 0) is 30.7 Å². The summed E-state index contributed by atoms with van der Waals surface area (Å²) >= 11 is 6.24. The Hall–Kier alpha value is -3.57. The van der Waals surface area contributed by atoms with Gasteiger partial charge in [-0.2, -0.15) is 4.98 Å². The van der Waals surface area contributed by atoms with Crippen LogP contribution in [-0.2, 0) is 14.8 Å². The van der Waals surface area contributed by atoms with Crippen LogP contribution in [0.3, 0.4) is 0 Å². The van der Waals surface area contributed by atoms with Gasteiger partial charge in [0.25, 0.3) is 5.91 Å². The number of nitrogens with two attached hydrogens (primary N) is 1. The highest BCUT2D eigenvalue weighted by atomic mass is 35.5. The summed E-state index contributed by atoms with van der Waals surface area (Å²) in [6.07, 6.45) is 2.18. The van der Waals surface area contributed by atoms with Gasteiger partial charge in [0.1, 0.15) is 10.8 Å². The first-order valence-electron chi connectivity index (χ1n) is 9.84. The fourth-order valence-electron chi connectivity index (χ4n) is 2.81. The van der Waals surface area contributed by atoms with Gasteiger partial charge in [-0.15, -0.1) is 0 Å². The van der Waals surface area contributed by atoms with Crippen LogP contribution < -0.4 is 25.8 Å². The van der Waals surface area contributed by atoms with Crippen LogP contribution in [0.4, 0.5) is 28.8 Å². The van der Waals surface area contributed by atoms with Crippen molar-refractivity contribution in [1.29, 1.82) is 0 Å². The van der Waals surface area contributed by atoms with E-state index in [1.165, 1.54) is 6.20 Å². The molecule has 33 heavy (non-hydrogen) atoms. The van der Waals surface area contributed by atoms with Gasteiger partial charge in [0.05, 0.1) is 23.8 Å². The van der Waals surface area contributed by atoms with Crippen LogP contribution in [0, 0.1) is 0 Å². The molecule has 0 aliphatic rings. The van der Waals surface area contributed by atoms with Crippen LogP contribution in [-0.4, -0.2) is 36.7 Å². The number of carbonyl (C=O) groups excluding carboxylic acids is 1. The number of anilines is 5. The van der Waals surface area contributed by atoms with E-state index in [0.29, 0.717) is 29.2 Å². The van der Waals surface area contributed by atoms with E-state index in [1.54, 1.807) is 55.5 Å². The number of ether oxygens (including phenoxy) is 1. The SMILES string of the molecule is CCC(Oc1cccc(Nc2ncc(Cl)c(Nc3ccccc3NS(C)(=O)=O)n2)c1)C(N)=O. The van der Waals surface area contributed by atoms with Crippen molar-refractivity contribution in [3.8, 4) is 5.75 Å². The Bertz CT molecular complexity index is 1260. The summed E-state index contributed by atoms with van der Waals surface area (Å²) in [5.41, 5.74) is 6.75. The number of amides is 1. The molecule has 10 nitrogen and oxygen atoms in total. The quantitative estimate of drug-likeness (QED) is 0.336. The summed E-state index contributed by atoms with van der Waals surface area (Å²) in [6.45, 7) is 1.80. The standard InChI is InChI=1S/C21H23ClN6O4S/c1-3-18(19(23)29)32-14-8-6-7-13(11-14)25-21-24-12-15(22)20(27-21)26-16-9-4-5-10-17(16)28-33(2,30)31/h4-12,18,28H,3H2,1-2H3,(H2,23,29)(H2,24,25,26,27). The maximum atomic E-state index is 11.6. The van der Waals surface area contributed by atoms with Crippen LogP contribution in [0.1, 0.15) is 13.3 Å². The van der Waals surface area contributed by atoms with E-state index in [2.05, 4.69) is 25.3 Å². The Morgan fingerprint density at radius 3 is 2.55 bits per heavy atom. The summed E-state index contributed by atoms with van der Waals surface area (Å²) in [5.74, 6) is 0.413. The van der Waals surface area contributed by atoms with Gasteiger partial charge in [0.15, 0.2) is 11.9 Å². The Morgan fingerprint density at radius 1 is 1.15 bits per heavy atom. The smallest absolute Gasteiger partial charge is 0.258 e. The molecule has 5 N–H and O–H groups in total. The van der Waals surface area contributed by atoms with Crippen LogP contribution in [0.2, 0.25) is 5.02 Å². The topological polar surface area (TPSA) is 148 Å². The molecule has 0 radical (unpaired) electrons. The van der Waals surface area contributed by atoms with Gasteiger partial charge in [0, 0.05) is 11.8 Å². The second kappa shape index (κ2) is 10.4. The summed E-state index contributed by atoms with van der Waals surface area (Å²) in [4.78, 5) is 20.0. The number of sulfonamides is 1. The molecule has 1 aromatic heterocycles. The Balaban J connectivity index is 1.81. The van der Waals surface area contributed by atoms with Crippen molar-refractivity contribution in [1.82, 2.24) is 9.97 Å². The van der Waals surface area contributed by atoms with Crippen molar-refractivity contribution in [2.45, 2.75) is 19.4 Å². The highest BCUT2D eigenvalue weighted by Crippen LogP contribution is 2.30. The highest BCUT2D eigenvalue weighted by Gasteiger charge is 2.15. The number of benzene rings is 2.